The van der Waals surface area contributed by atoms with Gasteiger partial charge in [0.2, 0.25) is 5.91 Å². The number of nitrogens with zero attached hydrogens (tertiary/aromatic N) is 1. The Labute approximate surface area is 231 Å². The maximum atomic E-state index is 13.9. The minimum atomic E-state index is -1.59. The van der Waals surface area contributed by atoms with Crippen molar-refractivity contribution < 1.29 is 24.6 Å². The Kier molecular flexibility index (Phi) is 9.43. The van der Waals surface area contributed by atoms with E-state index >= 15 is 0 Å². The molecule has 8 nitrogen and oxygen atoms in total. The van der Waals surface area contributed by atoms with Gasteiger partial charge in [-0.3, -0.25) is 14.4 Å². The molecule has 1 aliphatic heterocycles. The molecule has 39 heavy (non-hydrogen) atoms. The van der Waals surface area contributed by atoms with Crippen LogP contribution in [0.5, 0.6) is 5.75 Å². The quantitative estimate of drug-likeness (QED) is 0.391. The van der Waals surface area contributed by atoms with E-state index in [0.717, 1.165) is 5.56 Å². The summed E-state index contributed by atoms with van der Waals surface area (Å²) < 4.78 is 0. The number of phenols is 1. The molecule has 0 aromatic heterocycles. The van der Waals surface area contributed by atoms with Gasteiger partial charge in [0.05, 0.1) is 6.04 Å². The highest BCUT2D eigenvalue weighted by molar-refractivity contribution is 5.97. The van der Waals surface area contributed by atoms with Crippen molar-refractivity contribution >= 4 is 17.7 Å². The molecule has 0 spiro atoms. The summed E-state index contributed by atoms with van der Waals surface area (Å²) in [7, 11) is 0. The van der Waals surface area contributed by atoms with Crippen molar-refractivity contribution in [3.8, 4) is 5.75 Å². The highest BCUT2D eigenvalue weighted by Gasteiger charge is 2.52. The molecule has 1 unspecified atom stereocenters. The van der Waals surface area contributed by atoms with Crippen LogP contribution in [0, 0.1) is 31.1 Å². The van der Waals surface area contributed by atoms with Crippen molar-refractivity contribution in [1.29, 1.82) is 0 Å². The van der Waals surface area contributed by atoms with Gasteiger partial charge in [-0.05, 0) is 60.8 Å². The Hall–Kier alpha value is -3.39. The van der Waals surface area contributed by atoms with E-state index < -0.39 is 35.4 Å². The Morgan fingerprint density at radius 3 is 2.36 bits per heavy atom. The largest absolute Gasteiger partial charge is 0.508 e. The topological polar surface area (TPSA) is 119 Å². The van der Waals surface area contributed by atoms with Crippen molar-refractivity contribution in [1.82, 2.24) is 15.5 Å². The van der Waals surface area contributed by atoms with Gasteiger partial charge in [0.25, 0.3) is 11.8 Å². The van der Waals surface area contributed by atoms with Gasteiger partial charge in [0.1, 0.15) is 11.8 Å². The third-order valence-corrected chi connectivity index (χ3v) is 7.99. The number of hydrogen-bond donors (Lipinski definition) is 4. The molecule has 1 heterocycles. The third kappa shape index (κ3) is 6.79. The van der Waals surface area contributed by atoms with Crippen LogP contribution in [0.15, 0.2) is 42.5 Å². The number of hydrogen-bond acceptors (Lipinski definition) is 5. The van der Waals surface area contributed by atoms with E-state index in [1.807, 2.05) is 65.0 Å². The van der Waals surface area contributed by atoms with Crippen LogP contribution in [0.3, 0.4) is 0 Å². The minimum absolute atomic E-state index is 0.0000724. The molecule has 0 saturated carbocycles. The lowest BCUT2D eigenvalue weighted by molar-refractivity contribution is -0.148. The number of benzene rings is 2. The van der Waals surface area contributed by atoms with Gasteiger partial charge in [-0.15, -0.1) is 0 Å². The molecule has 0 bridgehead atoms. The van der Waals surface area contributed by atoms with Gasteiger partial charge in [-0.25, -0.2) is 0 Å². The highest BCUT2D eigenvalue weighted by Crippen LogP contribution is 2.41. The van der Waals surface area contributed by atoms with Crippen LogP contribution in [-0.4, -0.2) is 64.1 Å². The fraction of sp³-hybridized carbons (Fsp3) is 0.516. The molecule has 1 saturated heterocycles. The first-order valence-electron chi connectivity index (χ1n) is 13.6. The zero-order chi connectivity index (χ0) is 29.1. The molecule has 8 heteroatoms. The molecule has 4 atom stereocenters. The van der Waals surface area contributed by atoms with E-state index in [0.29, 0.717) is 24.2 Å². The maximum absolute atomic E-state index is 13.9. The fourth-order valence-electron chi connectivity index (χ4n) is 5.18. The van der Waals surface area contributed by atoms with Crippen LogP contribution in [0.1, 0.15) is 61.7 Å². The normalized spacial score (nSPS) is 20.0. The summed E-state index contributed by atoms with van der Waals surface area (Å²) in [5.41, 5.74) is 1.72. The number of carbonyl (C=O) groups is 3. The Morgan fingerprint density at radius 2 is 1.74 bits per heavy atom. The molecular weight excluding hydrogens is 494 g/mol. The number of aryl methyl sites for hydroxylation is 1. The molecular formula is C31H43N3O5. The van der Waals surface area contributed by atoms with Crippen molar-refractivity contribution in [3.05, 3.63) is 64.7 Å². The predicted octanol–water partition coefficient (Wildman–Crippen LogP) is 3.36. The van der Waals surface area contributed by atoms with E-state index in [1.54, 1.807) is 26.0 Å². The number of carbonyl (C=O) groups excluding carboxylic acids is 3. The Bertz CT molecular complexity index is 1190. The van der Waals surface area contributed by atoms with Crippen LogP contribution in [0.2, 0.25) is 0 Å². The zero-order valence-electron chi connectivity index (χ0n) is 24.1. The van der Waals surface area contributed by atoms with E-state index in [4.69, 9.17) is 0 Å². The van der Waals surface area contributed by atoms with Crippen LogP contribution in [-0.2, 0) is 16.0 Å². The molecule has 2 aromatic carbocycles. The second kappa shape index (κ2) is 12.2. The summed E-state index contributed by atoms with van der Waals surface area (Å²) in [6.45, 7) is 14.2. The molecule has 2 aromatic rings. The lowest BCUT2D eigenvalue weighted by atomic mass is 9.77. The summed E-state index contributed by atoms with van der Waals surface area (Å²) in [5.74, 6) is -1.07. The van der Waals surface area contributed by atoms with Crippen molar-refractivity contribution in [3.63, 3.8) is 0 Å². The lowest BCUT2D eigenvalue weighted by Gasteiger charge is -2.35. The second-order valence-electron chi connectivity index (χ2n) is 11.9. The van der Waals surface area contributed by atoms with E-state index in [-0.39, 0.29) is 35.5 Å². The van der Waals surface area contributed by atoms with Gasteiger partial charge < -0.3 is 25.7 Å². The molecule has 3 rings (SSSR count). The van der Waals surface area contributed by atoms with Gasteiger partial charge in [0.15, 0.2) is 6.10 Å². The summed E-state index contributed by atoms with van der Waals surface area (Å²) in [6, 6.07) is 10.8. The Balaban J connectivity index is 1.92. The Morgan fingerprint density at radius 1 is 1.10 bits per heavy atom. The lowest BCUT2D eigenvalue weighted by Crippen LogP contribution is -2.58. The van der Waals surface area contributed by atoms with E-state index in [1.165, 1.54) is 4.90 Å². The fourth-order valence-corrected chi connectivity index (χ4v) is 5.18. The number of likely N-dealkylation sites (tertiary alicyclic amines) is 1. The highest BCUT2D eigenvalue weighted by atomic mass is 16.3. The van der Waals surface area contributed by atoms with Crippen LogP contribution >= 0.6 is 0 Å². The average molecular weight is 538 g/mol. The molecule has 0 radical (unpaired) electrons. The zero-order valence-corrected chi connectivity index (χ0v) is 24.1. The first-order chi connectivity index (χ1) is 18.2. The summed E-state index contributed by atoms with van der Waals surface area (Å²) >= 11 is 0. The summed E-state index contributed by atoms with van der Waals surface area (Å²) in [4.78, 5) is 42.0. The molecule has 1 aliphatic rings. The number of phenolic OH excluding ortho intramolecular Hbond substituents is 1. The summed E-state index contributed by atoms with van der Waals surface area (Å²) in [5, 5.41) is 27.5. The third-order valence-electron chi connectivity index (χ3n) is 7.99. The van der Waals surface area contributed by atoms with Gasteiger partial charge >= 0.3 is 0 Å². The first-order valence-corrected chi connectivity index (χ1v) is 13.6. The number of aliphatic hydroxyl groups excluding tert-OH is 1. The smallest absolute Gasteiger partial charge is 0.254 e. The molecule has 1 fully saturated rings. The van der Waals surface area contributed by atoms with Gasteiger partial charge in [-0.2, -0.15) is 0 Å². The molecule has 0 aliphatic carbocycles. The van der Waals surface area contributed by atoms with Crippen LogP contribution < -0.4 is 10.6 Å². The summed E-state index contributed by atoms with van der Waals surface area (Å²) in [6.07, 6.45) is -1.39. The van der Waals surface area contributed by atoms with Gasteiger partial charge in [-0.1, -0.05) is 65.0 Å². The molecule has 3 amide bonds. The van der Waals surface area contributed by atoms with Crippen LogP contribution in [0.4, 0.5) is 0 Å². The van der Waals surface area contributed by atoms with E-state index in [9.17, 15) is 24.6 Å². The number of rotatable bonds is 9. The molecule has 4 N–H and O–H groups in total. The second-order valence-corrected chi connectivity index (χ2v) is 11.9. The predicted molar refractivity (Wildman–Crippen MR) is 151 cm³/mol. The minimum Gasteiger partial charge on any atom is -0.508 e. The van der Waals surface area contributed by atoms with Crippen molar-refractivity contribution in [2.75, 3.05) is 13.1 Å². The van der Waals surface area contributed by atoms with Crippen molar-refractivity contribution in [2.24, 2.45) is 17.3 Å². The number of aliphatic hydroxyl groups is 1. The molecule has 212 valence electrons. The number of amides is 3. The monoisotopic (exact) mass is 537 g/mol. The SMILES string of the molecule is Cc1cc(O)c(C)c(C(=O)N[C@@H](Cc2ccccc2)[C@H](O)C(=O)N2CC(C)C(C)(C)[C@H]2C(=O)NCC(C)C)c1. The first kappa shape index (κ1) is 30.2. The van der Waals surface area contributed by atoms with Gasteiger partial charge in [0, 0.05) is 24.2 Å². The number of nitrogens with one attached hydrogen (secondary N) is 2. The average Bonchev–Trinajstić information content (AvgIpc) is 3.12. The van der Waals surface area contributed by atoms with Crippen molar-refractivity contribution in [2.45, 2.75) is 73.1 Å². The number of aromatic hydroxyl groups is 1. The van der Waals surface area contributed by atoms with Crippen LogP contribution in [0.25, 0.3) is 0 Å². The maximum Gasteiger partial charge on any atom is 0.254 e. The van der Waals surface area contributed by atoms with E-state index in [2.05, 4.69) is 10.6 Å². The standard InChI is InChI=1S/C31H43N3O5/c1-18(2)16-32-29(38)27-31(6,7)20(4)17-34(27)30(39)26(36)24(15-22-11-9-8-10-12-22)33-28(37)23-13-19(3)14-25(35)21(23)5/h8-14,18,20,24,26-27,35-36H,15-17H2,1-7H3,(H,32,38)(H,33,37)/t20?,24-,26-,27+/m0/s1.